The van der Waals surface area contributed by atoms with E-state index >= 15 is 0 Å². The van der Waals surface area contributed by atoms with E-state index in [9.17, 15) is 10.2 Å². The summed E-state index contributed by atoms with van der Waals surface area (Å²) in [6.45, 7) is 4.52. The number of aliphatic hydroxyl groups excluding tert-OH is 2. The van der Waals surface area contributed by atoms with Crippen molar-refractivity contribution in [1.29, 1.82) is 0 Å². The average Bonchev–Trinajstić information content (AvgIpc) is 2.29. The molecule has 0 bridgehead atoms. The first-order valence-electron chi connectivity index (χ1n) is 7.39. The molecule has 0 fully saturated rings. The van der Waals surface area contributed by atoms with Crippen LogP contribution in [-0.4, -0.2) is 34.2 Å². The molecule has 0 aliphatic heterocycles. The SMILES string of the molecule is CC(C)(CCCC(O)CCCl)CCCC(O)CCCl. The van der Waals surface area contributed by atoms with Gasteiger partial charge in [-0.25, -0.2) is 0 Å². The van der Waals surface area contributed by atoms with E-state index in [0.717, 1.165) is 38.5 Å². The topological polar surface area (TPSA) is 40.5 Å². The third kappa shape index (κ3) is 12.0. The Hall–Kier alpha value is 0.500. The summed E-state index contributed by atoms with van der Waals surface area (Å²) in [7, 11) is 0. The van der Waals surface area contributed by atoms with Gasteiger partial charge in [-0.1, -0.05) is 26.7 Å². The Morgan fingerprint density at radius 1 is 0.789 bits per heavy atom. The first-order valence-corrected chi connectivity index (χ1v) is 8.46. The van der Waals surface area contributed by atoms with Gasteiger partial charge in [0.25, 0.3) is 0 Å². The monoisotopic (exact) mass is 312 g/mol. The highest BCUT2D eigenvalue weighted by atomic mass is 35.5. The summed E-state index contributed by atoms with van der Waals surface area (Å²) in [6.07, 6.45) is 6.84. The molecule has 2 nitrogen and oxygen atoms in total. The molecule has 0 heterocycles. The van der Waals surface area contributed by atoms with Crippen LogP contribution in [0.5, 0.6) is 0 Å². The largest absolute Gasteiger partial charge is 0.393 e. The molecule has 0 radical (unpaired) electrons. The molecule has 0 rings (SSSR count). The normalized spacial score (nSPS) is 15.5. The molecule has 0 aliphatic rings. The van der Waals surface area contributed by atoms with Gasteiger partial charge in [-0.3, -0.25) is 0 Å². The Labute approximate surface area is 128 Å². The molecule has 0 aromatic rings. The van der Waals surface area contributed by atoms with Crippen LogP contribution in [0.4, 0.5) is 0 Å². The maximum Gasteiger partial charge on any atom is 0.0551 e. The Balaban J connectivity index is 3.67. The van der Waals surface area contributed by atoms with Crippen molar-refractivity contribution in [3.05, 3.63) is 0 Å². The van der Waals surface area contributed by atoms with Gasteiger partial charge in [-0.05, 0) is 43.9 Å². The van der Waals surface area contributed by atoms with E-state index in [4.69, 9.17) is 23.2 Å². The summed E-state index contributed by atoms with van der Waals surface area (Å²) >= 11 is 11.2. The van der Waals surface area contributed by atoms with Gasteiger partial charge in [0.05, 0.1) is 12.2 Å². The predicted octanol–water partition coefficient (Wildman–Crippen LogP) is 4.33. The van der Waals surface area contributed by atoms with E-state index in [-0.39, 0.29) is 17.6 Å². The fourth-order valence-electron chi connectivity index (χ4n) is 2.30. The van der Waals surface area contributed by atoms with Crippen LogP contribution >= 0.6 is 23.2 Å². The van der Waals surface area contributed by atoms with Crippen molar-refractivity contribution in [2.45, 2.75) is 77.4 Å². The predicted molar refractivity (Wildman–Crippen MR) is 84.2 cm³/mol. The maximum absolute atomic E-state index is 9.62. The lowest BCUT2D eigenvalue weighted by molar-refractivity contribution is 0.141. The zero-order valence-electron chi connectivity index (χ0n) is 12.4. The minimum atomic E-state index is -0.251. The molecule has 0 aliphatic carbocycles. The number of halogens is 2. The van der Waals surface area contributed by atoms with Crippen molar-refractivity contribution in [3.63, 3.8) is 0 Å². The van der Waals surface area contributed by atoms with Gasteiger partial charge < -0.3 is 10.2 Å². The molecule has 0 saturated heterocycles. The van der Waals surface area contributed by atoms with Crippen LogP contribution in [0.25, 0.3) is 0 Å². The van der Waals surface area contributed by atoms with Gasteiger partial charge in [0.2, 0.25) is 0 Å². The molecule has 19 heavy (non-hydrogen) atoms. The molecule has 0 spiro atoms. The number of rotatable bonds is 12. The fraction of sp³-hybridized carbons (Fsp3) is 1.00. The molecule has 0 amide bonds. The second kappa shape index (κ2) is 11.2. The molecule has 2 unspecified atom stereocenters. The average molecular weight is 313 g/mol. The lowest BCUT2D eigenvalue weighted by Crippen LogP contribution is -2.15. The highest BCUT2D eigenvalue weighted by Gasteiger charge is 2.18. The van der Waals surface area contributed by atoms with Gasteiger partial charge >= 0.3 is 0 Å². The van der Waals surface area contributed by atoms with E-state index in [1.807, 2.05) is 0 Å². The summed E-state index contributed by atoms with van der Waals surface area (Å²) in [6, 6.07) is 0. The first-order chi connectivity index (χ1) is 8.91. The fourth-order valence-corrected chi connectivity index (χ4v) is 2.80. The quantitative estimate of drug-likeness (QED) is 0.526. The van der Waals surface area contributed by atoms with Crippen LogP contribution < -0.4 is 0 Å². The van der Waals surface area contributed by atoms with Gasteiger partial charge in [-0.2, -0.15) is 0 Å². The molecule has 0 saturated carbocycles. The van der Waals surface area contributed by atoms with Gasteiger partial charge in [-0.15, -0.1) is 23.2 Å². The number of alkyl halides is 2. The lowest BCUT2D eigenvalue weighted by Gasteiger charge is -2.25. The van der Waals surface area contributed by atoms with Gasteiger partial charge in [0.15, 0.2) is 0 Å². The molecule has 2 N–H and O–H groups in total. The zero-order chi connectivity index (χ0) is 14.7. The number of aliphatic hydroxyl groups is 2. The van der Waals surface area contributed by atoms with E-state index in [0.29, 0.717) is 24.6 Å². The van der Waals surface area contributed by atoms with Gasteiger partial charge in [0, 0.05) is 11.8 Å². The Morgan fingerprint density at radius 2 is 1.16 bits per heavy atom. The summed E-state index contributed by atoms with van der Waals surface area (Å²) in [5, 5.41) is 19.2. The van der Waals surface area contributed by atoms with Crippen LogP contribution in [0.1, 0.15) is 65.2 Å². The Bertz CT molecular complexity index is 190. The van der Waals surface area contributed by atoms with Crippen molar-refractivity contribution < 1.29 is 10.2 Å². The first kappa shape index (κ1) is 19.5. The Kier molecular flexibility index (Phi) is 11.5. The van der Waals surface area contributed by atoms with E-state index in [1.54, 1.807) is 0 Å². The number of hydrogen-bond donors (Lipinski definition) is 2. The second-order valence-corrected chi connectivity index (χ2v) is 6.97. The summed E-state index contributed by atoms with van der Waals surface area (Å²) < 4.78 is 0. The molecule has 4 heteroatoms. The highest BCUT2D eigenvalue weighted by molar-refractivity contribution is 6.18. The molecule has 0 aromatic heterocycles. The minimum absolute atomic E-state index is 0.251. The zero-order valence-corrected chi connectivity index (χ0v) is 13.9. The van der Waals surface area contributed by atoms with Crippen LogP contribution in [0.3, 0.4) is 0 Å². The summed E-state index contributed by atoms with van der Waals surface area (Å²) in [5.74, 6) is 1.06. The molecule has 2 atom stereocenters. The van der Waals surface area contributed by atoms with Crippen LogP contribution in [0, 0.1) is 5.41 Å². The van der Waals surface area contributed by atoms with Crippen LogP contribution in [0.2, 0.25) is 0 Å². The summed E-state index contributed by atoms with van der Waals surface area (Å²) in [4.78, 5) is 0. The van der Waals surface area contributed by atoms with Crippen molar-refractivity contribution in [2.24, 2.45) is 5.41 Å². The third-order valence-corrected chi connectivity index (χ3v) is 4.10. The Morgan fingerprint density at radius 3 is 1.47 bits per heavy atom. The molecular formula is C15H30Cl2O2. The smallest absolute Gasteiger partial charge is 0.0551 e. The second-order valence-electron chi connectivity index (χ2n) is 6.21. The van der Waals surface area contributed by atoms with Crippen molar-refractivity contribution in [3.8, 4) is 0 Å². The third-order valence-electron chi connectivity index (χ3n) is 3.67. The maximum atomic E-state index is 9.62. The van der Waals surface area contributed by atoms with E-state index < -0.39 is 0 Å². The van der Waals surface area contributed by atoms with Crippen molar-refractivity contribution in [2.75, 3.05) is 11.8 Å². The molecular weight excluding hydrogens is 283 g/mol. The standard InChI is InChI=1S/C15H30Cl2O2/c1-15(2,9-3-5-13(18)7-11-16)10-4-6-14(19)8-12-17/h13-14,18-19H,3-12H2,1-2H3. The van der Waals surface area contributed by atoms with Gasteiger partial charge in [0.1, 0.15) is 0 Å². The van der Waals surface area contributed by atoms with Crippen molar-refractivity contribution in [1.82, 2.24) is 0 Å². The summed E-state index contributed by atoms with van der Waals surface area (Å²) in [5.41, 5.74) is 0.279. The highest BCUT2D eigenvalue weighted by Crippen LogP contribution is 2.30. The molecule has 116 valence electrons. The van der Waals surface area contributed by atoms with E-state index in [1.165, 1.54) is 0 Å². The number of hydrogen-bond acceptors (Lipinski definition) is 2. The lowest BCUT2D eigenvalue weighted by atomic mass is 9.81. The van der Waals surface area contributed by atoms with Crippen LogP contribution in [-0.2, 0) is 0 Å². The van der Waals surface area contributed by atoms with Crippen LogP contribution in [0.15, 0.2) is 0 Å². The minimum Gasteiger partial charge on any atom is -0.393 e. The van der Waals surface area contributed by atoms with E-state index in [2.05, 4.69) is 13.8 Å². The molecule has 0 aromatic carbocycles. The van der Waals surface area contributed by atoms with Crippen molar-refractivity contribution >= 4 is 23.2 Å².